The smallest absolute Gasteiger partial charge is 0.229 e. The van der Waals surface area contributed by atoms with Crippen molar-refractivity contribution in [2.24, 2.45) is 0 Å². The van der Waals surface area contributed by atoms with E-state index in [0.29, 0.717) is 29.7 Å². The molecule has 1 aromatic heterocycles. The van der Waals surface area contributed by atoms with E-state index in [1.54, 1.807) is 0 Å². The lowest BCUT2D eigenvalue weighted by Gasteiger charge is -2.32. The predicted molar refractivity (Wildman–Crippen MR) is 134 cm³/mol. The summed E-state index contributed by atoms with van der Waals surface area (Å²) in [5.41, 5.74) is 3.82. The number of rotatable bonds is 6. The first-order valence-corrected chi connectivity index (χ1v) is 12.3. The van der Waals surface area contributed by atoms with Gasteiger partial charge in [-0.2, -0.15) is 4.98 Å². The number of hydrogen-bond donors (Lipinski definition) is 1. The standard InChI is InChI=1S/C29H33N3O/c1-19(2)29-31-28(32-33-29)23-16-14-21(15-17-23)24-10-6-11-25(18-24)30-20(3)26-13-7-9-22-8-4-5-12-27(22)26/h4-5,7-9,12-17,19-20,24-25,30H,6,10-11,18H2,1-3H3/t20-,24?,25?/m1/s1. The first-order chi connectivity index (χ1) is 16.1. The molecule has 3 atom stereocenters. The number of hydrogen-bond acceptors (Lipinski definition) is 4. The first-order valence-electron chi connectivity index (χ1n) is 12.3. The number of nitrogens with zero attached hydrogens (tertiary/aromatic N) is 2. The lowest BCUT2D eigenvalue weighted by molar-refractivity contribution is 0.319. The summed E-state index contributed by atoms with van der Waals surface area (Å²) in [5.74, 6) is 2.20. The highest BCUT2D eigenvalue weighted by molar-refractivity contribution is 5.86. The van der Waals surface area contributed by atoms with Crippen LogP contribution in [-0.4, -0.2) is 16.2 Å². The molecule has 5 rings (SSSR count). The third-order valence-electron chi connectivity index (χ3n) is 7.03. The quantitative estimate of drug-likeness (QED) is 0.340. The third kappa shape index (κ3) is 4.72. The molecule has 1 N–H and O–H groups in total. The first kappa shape index (κ1) is 21.8. The molecule has 1 saturated carbocycles. The highest BCUT2D eigenvalue weighted by Crippen LogP contribution is 2.35. The number of aromatic nitrogens is 2. The molecule has 170 valence electrons. The number of nitrogens with one attached hydrogen (secondary N) is 1. The van der Waals surface area contributed by atoms with Gasteiger partial charge in [-0.05, 0) is 54.0 Å². The predicted octanol–water partition coefficient (Wildman–Crippen LogP) is 7.39. The van der Waals surface area contributed by atoms with Crippen molar-refractivity contribution in [2.75, 3.05) is 0 Å². The van der Waals surface area contributed by atoms with Crippen molar-refractivity contribution in [1.29, 1.82) is 0 Å². The largest absolute Gasteiger partial charge is 0.339 e. The molecule has 0 aliphatic heterocycles. The normalized spacial score (nSPS) is 19.8. The van der Waals surface area contributed by atoms with Crippen LogP contribution < -0.4 is 5.32 Å². The summed E-state index contributed by atoms with van der Waals surface area (Å²) < 4.78 is 5.37. The Morgan fingerprint density at radius 2 is 1.70 bits per heavy atom. The molecule has 33 heavy (non-hydrogen) atoms. The maximum absolute atomic E-state index is 5.37. The van der Waals surface area contributed by atoms with Gasteiger partial charge in [-0.1, -0.05) is 92.2 Å². The van der Waals surface area contributed by atoms with Gasteiger partial charge in [0.25, 0.3) is 0 Å². The van der Waals surface area contributed by atoms with E-state index in [0.717, 1.165) is 5.56 Å². The van der Waals surface area contributed by atoms with Gasteiger partial charge < -0.3 is 9.84 Å². The van der Waals surface area contributed by atoms with Crippen LogP contribution in [0.25, 0.3) is 22.2 Å². The van der Waals surface area contributed by atoms with E-state index in [9.17, 15) is 0 Å². The minimum atomic E-state index is 0.244. The fourth-order valence-corrected chi connectivity index (χ4v) is 5.21. The van der Waals surface area contributed by atoms with Gasteiger partial charge in [0.1, 0.15) is 0 Å². The minimum absolute atomic E-state index is 0.244. The summed E-state index contributed by atoms with van der Waals surface area (Å²) >= 11 is 0. The van der Waals surface area contributed by atoms with E-state index in [2.05, 4.69) is 103 Å². The molecule has 0 saturated heterocycles. The molecule has 0 bridgehead atoms. The van der Waals surface area contributed by atoms with Gasteiger partial charge in [0.2, 0.25) is 11.7 Å². The second-order valence-corrected chi connectivity index (χ2v) is 9.75. The molecule has 1 aliphatic carbocycles. The summed E-state index contributed by atoms with van der Waals surface area (Å²) in [5, 5.41) is 10.8. The average Bonchev–Trinajstić information content (AvgIpc) is 3.35. The van der Waals surface area contributed by atoms with Crippen molar-refractivity contribution < 1.29 is 4.52 Å². The van der Waals surface area contributed by atoms with Crippen molar-refractivity contribution in [2.45, 2.75) is 70.4 Å². The zero-order valence-corrected chi connectivity index (χ0v) is 19.8. The molecule has 1 aliphatic rings. The molecule has 0 spiro atoms. The molecule has 3 aromatic carbocycles. The lowest BCUT2D eigenvalue weighted by atomic mass is 9.80. The summed E-state index contributed by atoms with van der Waals surface area (Å²) in [6.45, 7) is 6.43. The molecule has 4 aromatic rings. The Hall–Kier alpha value is -2.98. The van der Waals surface area contributed by atoms with Crippen molar-refractivity contribution in [3.63, 3.8) is 0 Å². The van der Waals surface area contributed by atoms with Crippen LogP contribution in [0.4, 0.5) is 0 Å². The Morgan fingerprint density at radius 1 is 0.909 bits per heavy atom. The Labute approximate surface area is 196 Å². The minimum Gasteiger partial charge on any atom is -0.339 e. The molecule has 4 nitrogen and oxygen atoms in total. The van der Waals surface area contributed by atoms with E-state index >= 15 is 0 Å². The van der Waals surface area contributed by atoms with Crippen molar-refractivity contribution in [1.82, 2.24) is 15.5 Å². The van der Waals surface area contributed by atoms with Gasteiger partial charge in [0.05, 0.1) is 0 Å². The summed E-state index contributed by atoms with van der Waals surface area (Å²) in [6.07, 6.45) is 4.92. The number of fused-ring (bicyclic) bond motifs is 1. The van der Waals surface area contributed by atoms with Crippen molar-refractivity contribution in [3.8, 4) is 11.4 Å². The molecule has 4 heteroatoms. The third-order valence-corrected chi connectivity index (χ3v) is 7.03. The van der Waals surface area contributed by atoms with Crippen LogP contribution in [0.15, 0.2) is 71.3 Å². The van der Waals surface area contributed by atoms with Crippen LogP contribution in [-0.2, 0) is 0 Å². The average molecular weight is 440 g/mol. The maximum Gasteiger partial charge on any atom is 0.229 e. The Bertz CT molecular complexity index is 1210. The molecular weight excluding hydrogens is 406 g/mol. The Morgan fingerprint density at radius 3 is 2.48 bits per heavy atom. The lowest BCUT2D eigenvalue weighted by Crippen LogP contribution is -2.35. The molecule has 0 amide bonds. The van der Waals surface area contributed by atoms with Gasteiger partial charge in [-0.25, -0.2) is 0 Å². The van der Waals surface area contributed by atoms with E-state index in [1.807, 2.05) is 0 Å². The monoisotopic (exact) mass is 439 g/mol. The van der Waals surface area contributed by atoms with Gasteiger partial charge in [0.15, 0.2) is 0 Å². The van der Waals surface area contributed by atoms with E-state index < -0.39 is 0 Å². The van der Waals surface area contributed by atoms with Crippen LogP contribution in [0.5, 0.6) is 0 Å². The fraction of sp³-hybridized carbons (Fsp3) is 0.379. The van der Waals surface area contributed by atoms with Crippen molar-refractivity contribution in [3.05, 3.63) is 83.7 Å². The van der Waals surface area contributed by atoms with E-state index in [-0.39, 0.29) is 5.92 Å². The van der Waals surface area contributed by atoms with Crippen molar-refractivity contribution >= 4 is 10.8 Å². The van der Waals surface area contributed by atoms with E-state index in [4.69, 9.17) is 4.52 Å². The summed E-state index contributed by atoms with van der Waals surface area (Å²) in [7, 11) is 0. The number of benzene rings is 3. The summed E-state index contributed by atoms with van der Waals surface area (Å²) in [6, 6.07) is 25.0. The van der Waals surface area contributed by atoms with E-state index in [1.165, 1.54) is 47.6 Å². The fourth-order valence-electron chi connectivity index (χ4n) is 5.21. The highest BCUT2D eigenvalue weighted by Gasteiger charge is 2.25. The molecule has 1 fully saturated rings. The zero-order valence-electron chi connectivity index (χ0n) is 19.8. The second kappa shape index (κ2) is 9.48. The topological polar surface area (TPSA) is 51.0 Å². The van der Waals surface area contributed by atoms with Crippen LogP contribution in [0.1, 0.15) is 81.3 Å². The van der Waals surface area contributed by atoms with Gasteiger partial charge in [-0.15, -0.1) is 0 Å². The Kier molecular flexibility index (Phi) is 6.28. The van der Waals surface area contributed by atoms with Gasteiger partial charge in [-0.3, -0.25) is 0 Å². The van der Waals surface area contributed by atoms with Crippen LogP contribution in [0.3, 0.4) is 0 Å². The van der Waals surface area contributed by atoms with Crippen LogP contribution in [0, 0.1) is 0 Å². The Balaban J connectivity index is 1.26. The van der Waals surface area contributed by atoms with Gasteiger partial charge in [0, 0.05) is 23.6 Å². The second-order valence-electron chi connectivity index (χ2n) is 9.75. The molecule has 1 heterocycles. The molecule has 2 unspecified atom stereocenters. The van der Waals surface area contributed by atoms with Crippen LogP contribution >= 0.6 is 0 Å². The molecular formula is C29H33N3O. The zero-order chi connectivity index (χ0) is 22.8. The highest BCUT2D eigenvalue weighted by atomic mass is 16.5. The molecule has 0 radical (unpaired) electrons. The maximum atomic E-state index is 5.37. The van der Waals surface area contributed by atoms with Crippen LogP contribution in [0.2, 0.25) is 0 Å². The van der Waals surface area contributed by atoms with Gasteiger partial charge >= 0.3 is 0 Å². The summed E-state index contributed by atoms with van der Waals surface area (Å²) in [4.78, 5) is 4.53. The SMILES string of the molecule is CC(C)c1nc(-c2ccc(C3CCCC(N[C@H](C)c4cccc5ccccc45)C3)cc2)no1.